The molecule has 0 fully saturated rings. The van der Waals surface area contributed by atoms with Crippen molar-refractivity contribution in [3.8, 4) is 23.0 Å². The molecule has 3 aromatic rings. The second-order valence-electron chi connectivity index (χ2n) is 7.66. The summed E-state index contributed by atoms with van der Waals surface area (Å²) in [5.74, 6) is -1.92. The lowest BCUT2D eigenvalue weighted by Gasteiger charge is -2.22. The van der Waals surface area contributed by atoms with Gasteiger partial charge in [-0.05, 0) is 78.7 Å². The molecule has 0 atom stereocenters. The molecule has 38 heavy (non-hydrogen) atoms. The molecule has 0 saturated carbocycles. The van der Waals surface area contributed by atoms with Crippen LogP contribution >= 0.6 is 0 Å². The third-order valence-corrected chi connectivity index (χ3v) is 5.05. The maximum Gasteiger partial charge on any atom is 0.426 e. The monoisotopic (exact) mass is 530 g/mol. The van der Waals surface area contributed by atoms with Gasteiger partial charge in [0.15, 0.2) is 0 Å². The topological polar surface area (TPSA) is 71.1 Å². The molecule has 0 N–H and O–H groups in total. The standard InChI is InChI=1S/C28H22F4O6/c1-4-18-17-23(37-27(29,30)19-7-11-21(12-8-19)35-25(33)5-2)15-16-24(18)38-28(31,32)20-9-13-22(14-10-20)36-26(34)6-3/h5-17H,2-4H2,1H3. The molecule has 0 unspecified atom stereocenters. The zero-order valence-corrected chi connectivity index (χ0v) is 20.1. The van der Waals surface area contributed by atoms with Gasteiger partial charge in [-0.1, -0.05) is 20.1 Å². The highest BCUT2D eigenvalue weighted by Crippen LogP contribution is 2.38. The summed E-state index contributed by atoms with van der Waals surface area (Å²) in [5.41, 5.74) is -0.851. The number of carbonyl (C=O) groups excluding carboxylic acids is 2. The maximum absolute atomic E-state index is 14.8. The molecule has 0 saturated heterocycles. The van der Waals surface area contributed by atoms with Crippen molar-refractivity contribution >= 4 is 11.9 Å². The minimum absolute atomic E-state index is 0.0394. The first kappa shape index (κ1) is 28.0. The summed E-state index contributed by atoms with van der Waals surface area (Å²) >= 11 is 0. The molecule has 0 bridgehead atoms. The Morgan fingerprint density at radius 3 is 1.55 bits per heavy atom. The first-order valence-electron chi connectivity index (χ1n) is 11.1. The smallest absolute Gasteiger partial charge is 0.426 e. The van der Waals surface area contributed by atoms with E-state index < -0.39 is 35.3 Å². The van der Waals surface area contributed by atoms with E-state index >= 15 is 0 Å². The molecule has 3 rings (SSSR count). The number of esters is 2. The summed E-state index contributed by atoms with van der Waals surface area (Å²) in [5, 5.41) is 0. The Morgan fingerprint density at radius 1 is 0.711 bits per heavy atom. The third-order valence-electron chi connectivity index (χ3n) is 5.05. The normalized spacial score (nSPS) is 11.3. The van der Waals surface area contributed by atoms with Crippen LogP contribution in [0.1, 0.15) is 23.6 Å². The van der Waals surface area contributed by atoms with Gasteiger partial charge in [0.1, 0.15) is 23.0 Å². The van der Waals surface area contributed by atoms with Gasteiger partial charge >= 0.3 is 24.2 Å². The average Bonchev–Trinajstić information content (AvgIpc) is 2.89. The summed E-state index contributed by atoms with van der Waals surface area (Å²) in [6.45, 7) is 8.13. The molecular formula is C28H22F4O6. The van der Waals surface area contributed by atoms with Gasteiger partial charge in [-0.15, -0.1) is 0 Å². The van der Waals surface area contributed by atoms with Gasteiger partial charge in [-0.25, -0.2) is 9.59 Å². The summed E-state index contributed by atoms with van der Waals surface area (Å²) in [6, 6.07) is 12.1. The van der Waals surface area contributed by atoms with Gasteiger partial charge in [0, 0.05) is 12.2 Å². The van der Waals surface area contributed by atoms with Crippen LogP contribution in [0, 0.1) is 0 Å². The number of halogens is 4. The fraction of sp³-hybridized carbons (Fsp3) is 0.143. The molecule has 3 aromatic carbocycles. The number of aryl methyl sites for hydroxylation is 1. The van der Waals surface area contributed by atoms with Gasteiger partial charge in [0.2, 0.25) is 0 Å². The van der Waals surface area contributed by atoms with E-state index in [1.54, 1.807) is 6.92 Å². The van der Waals surface area contributed by atoms with Gasteiger partial charge in [-0.3, -0.25) is 0 Å². The lowest BCUT2D eigenvalue weighted by Crippen LogP contribution is -2.23. The van der Waals surface area contributed by atoms with Crippen LogP contribution in [0.2, 0.25) is 0 Å². The van der Waals surface area contributed by atoms with Crippen LogP contribution in [0.15, 0.2) is 92.0 Å². The molecule has 0 aliphatic heterocycles. The summed E-state index contributed by atoms with van der Waals surface area (Å²) in [4.78, 5) is 22.5. The number of rotatable bonds is 11. The lowest BCUT2D eigenvalue weighted by atomic mass is 10.1. The quantitative estimate of drug-likeness (QED) is 0.119. The molecule has 0 spiro atoms. The van der Waals surface area contributed by atoms with Crippen molar-refractivity contribution in [3.63, 3.8) is 0 Å². The largest absolute Gasteiger partial charge is 0.429 e. The zero-order valence-electron chi connectivity index (χ0n) is 20.1. The van der Waals surface area contributed by atoms with Crippen molar-refractivity contribution in [1.82, 2.24) is 0 Å². The van der Waals surface area contributed by atoms with Gasteiger partial charge in [0.25, 0.3) is 0 Å². The third kappa shape index (κ3) is 7.00. The highest BCUT2D eigenvalue weighted by molar-refractivity contribution is 5.83. The molecule has 0 aliphatic rings. The van der Waals surface area contributed by atoms with E-state index in [4.69, 9.17) is 18.9 Å². The van der Waals surface area contributed by atoms with Crippen LogP contribution in [-0.4, -0.2) is 11.9 Å². The van der Waals surface area contributed by atoms with Crippen LogP contribution < -0.4 is 18.9 Å². The van der Waals surface area contributed by atoms with E-state index in [2.05, 4.69) is 13.2 Å². The number of hydrogen-bond donors (Lipinski definition) is 0. The van der Waals surface area contributed by atoms with Crippen molar-refractivity contribution in [2.24, 2.45) is 0 Å². The number of benzene rings is 3. The van der Waals surface area contributed by atoms with E-state index in [0.29, 0.717) is 0 Å². The lowest BCUT2D eigenvalue weighted by molar-refractivity contribution is -0.188. The predicted molar refractivity (Wildman–Crippen MR) is 129 cm³/mol. The average molecular weight is 530 g/mol. The van der Waals surface area contributed by atoms with Crippen molar-refractivity contribution < 1.29 is 46.1 Å². The first-order valence-corrected chi connectivity index (χ1v) is 11.1. The van der Waals surface area contributed by atoms with E-state index in [-0.39, 0.29) is 35.0 Å². The summed E-state index contributed by atoms with van der Waals surface area (Å²) in [6.07, 6.45) is -5.53. The first-order chi connectivity index (χ1) is 18.0. The van der Waals surface area contributed by atoms with Crippen LogP contribution in [0.25, 0.3) is 0 Å². The molecule has 6 nitrogen and oxygen atoms in total. The van der Waals surface area contributed by atoms with Gasteiger partial charge in [-0.2, -0.15) is 17.6 Å². The maximum atomic E-state index is 14.8. The van der Waals surface area contributed by atoms with E-state index in [1.807, 2.05) is 0 Å². The Morgan fingerprint density at radius 2 is 1.13 bits per heavy atom. The Labute approximate surface area is 215 Å². The van der Waals surface area contributed by atoms with E-state index in [0.717, 1.165) is 48.6 Å². The molecule has 0 radical (unpaired) electrons. The highest BCUT2D eigenvalue weighted by atomic mass is 19.3. The Bertz CT molecular complexity index is 1320. The fourth-order valence-electron chi connectivity index (χ4n) is 3.15. The number of carbonyl (C=O) groups is 2. The number of hydrogen-bond acceptors (Lipinski definition) is 6. The van der Waals surface area contributed by atoms with Crippen LogP contribution in [-0.2, 0) is 28.2 Å². The van der Waals surface area contributed by atoms with Gasteiger partial charge in [0.05, 0.1) is 11.1 Å². The van der Waals surface area contributed by atoms with Crippen molar-refractivity contribution in [2.75, 3.05) is 0 Å². The summed E-state index contributed by atoms with van der Waals surface area (Å²) in [7, 11) is 0. The fourth-order valence-corrected chi connectivity index (χ4v) is 3.15. The Hall–Kier alpha value is -4.60. The Kier molecular flexibility index (Phi) is 8.57. The molecule has 0 aromatic heterocycles. The second kappa shape index (κ2) is 11.6. The van der Waals surface area contributed by atoms with Crippen molar-refractivity contribution in [2.45, 2.75) is 25.6 Å². The summed E-state index contributed by atoms with van der Waals surface area (Å²) < 4.78 is 78.6. The highest BCUT2D eigenvalue weighted by Gasteiger charge is 2.37. The molecule has 0 heterocycles. The molecule has 0 aliphatic carbocycles. The molecule has 0 amide bonds. The van der Waals surface area contributed by atoms with Gasteiger partial charge < -0.3 is 18.9 Å². The van der Waals surface area contributed by atoms with Crippen molar-refractivity contribution in [3.05, 3.63) is 109 Å². The minimum Gasteiger partial charge on any atom is -0.429 e. The predicted octanol–water partition coefficient (Wildman–Crippen LogP) is 6.69. The minimum atomic E-state index is -3.78. The molecular weight excluding hydrogens is 508 g/mol. The number of alkyl halides is 4. The van der Waals surface area contributed by atoms with Crippen molar-refractivity contribution in [1.29, 1.82) is 0 Å². The second-order valence-corrected chi connectivity index (χ2v) is 7.66. The SMILES string of the molecule is C=CC(=O)Oc1ccc(C(F)(F)Oc2ccc(OC(F)(F)c3ccc(OC(=O)C=C)cc3)c(CC)c2)cc1. The Balaban J connectivity index is 1.74. The zero-order chi connectivity index (χ0) is 27.9. The van der Waals surface area contributed by atoms with Crippen LogP contribution in [0.5, 0.6) is 23.0 Å². The molecule has 198 valence electrons. The van der Waals surface area contributed by atoms with Crippen LogP contribution in [0.3, 0.4) is 0 Å². The number of ether oxygens (including phenoxy) is 4. The van der Waals surface area contributed by atoms with E-state index in [9.17, 15) is 27.2 Å². The van der Waals surface area contributed by atoms with Crippen LogP contribution in [0.4, 0.5) is 17.6 Å². The van der Waals surface area contributed by atoms with E-state index in [1.165, 1.54) is 30.3 Å². The molecule has 10 heteroatoms.